The average molecular weight is 437 g/mol. The summed E-state index contributed by atoms with van der Waals surface area (Å²) in [6.07, 6.45) is 0.838. The maximum atomic E-state index is 13.9. The van der Waals surface area contributed by atoms with Gasteiger partial charge in [-0.15, -0.1) is 0 Å². The minimum Gasteiger partial charge on any atom is -0.496 e. The van der Waals surface area contributed by atoms with Crippen LogP contribution in [-0.4, -0.2) is 49.1 Å². The number of amides is 2. The highest BCUT2D eigenvalue weighted by Gasteiger charge is 2.44. The average Bonchev–Trinajstić information content (AvgIpc) is 2.78. The van der Waals surface area contributed by atoms with Gasteiger partial charge in [0.05, 0.1) is 31.3 Å². The van der Waals surface area contributed by atoms with Gasteiger partial charge in [0, 0.05) is 30.8 Å². The van der Waals surface area contributed by atoms with Crippen LogP contribution in [0.5, 0.6) is 5.75 Å². The number of methoxy groups -OCH3 is 1. The van der Waals surface area contributed by atoms with Gasteiger partial charge in [0.1, 0.15) is 5.75 Å². The molecule has 0 aliphatic carbocycles. The summed E-state index contributed by atoms with van der Waals surface area (Å²) in [7, 11) is 1.63. The van der Waals surface area contributed by atoms with Gasteiger partial charge in [0.15, 0.2) is 0 Å². The largest absolute Gasteiger partial charge is 0.496 e. The molecule has 4 rings (SSSR count). The maximum absolute atomic E-state index is 13.9. The molecular weight excluding hydrogens is 404 g/mol. The first-order chi connectivity index (χ1) is 15.4. The fourth-order valence-corrected chi connectivity index (χ4v) is 5.02. The second-order valence-corrected chi connectivity index (χ2v) is 8.93. The highest BCUT2D eigenvalue weighted by molar-refractivity contribution is 5.97. The molecule has 4 unspecified atom stereocenters. The first-order valence-electron chi connectivity index (χ1n) is 11.3. The highest BCUT2D eigenvalue weighted by Crippen LogP contribution is 2.44. The molecule has 2 aliphatic heterocycles. The number of anilines is 1. The maximum Gasteiger partial charge on any atom is 0.228 e. The van der Waals surface area contributed by atoms with Crippen molar-refractivity contribution in [3.8, 4) is 5.75 Å². The fourth-order valence-electron chi connectivity index (χ4n) is 5.02. The molecule has 0 bridgehead atoms. The first-order valence-corrected chi connectivity index (χ1v) is 11.3. The summed E-state index contributed by atoms with van der Waals surface area (Å²) in [4.78, 5) is 30.8. The van der Waals surface area contributed by atoms with Crippen molar-refractivity contribution in [1.82, 2.24) is 4.90 Å². The number of morpholine rings is 1. The van der Waals surface area contributed by atoms with Gasteiger partial charge in [-0.05, 0) is 45.4 Å². The smallest absolute Gasteiger partial charge is 0.228 e. The zero-order valence-electron chi connectivity index (χ0n) is 19.3. The summed E-state index contributed by atoms with van der Waals surface area (Å²) >= 11 is 0. The fraction of sp³-hybridized carbons (Fsp3) is 0.462. The van der Waals surface area contributed by atoms with Crippen molar-refractivity contribution in [1.29, 1.82) is 0 Å². The van der Waals surface area contributed by atoms with Gasteiger partial charge >= 0.3 is 0 Å². The molecule has 0 saturated carbocycles. The van der Waals surface area contributed by atoms with Crippen LogP contribution in [0.1, 0.15) is 43.9 Å². The van der Waals surface area contributed by atoms with Gasteiger partial charge in [0.2, 0.25) is 11.8 Å². The molecule has 0 N–H and O–H groups in total. The number of rotatable bonds is 4. The Bertz CT molecular complexity index is 964. The van der Waals surface area contributed by atoms with Crippen molar-refractivity contribution in [3.05, 3.63) is 59.7 Å². The van der Waals surface area contributed by atoms with E-state index in [2.05, 4.69) is 0 Å². The van der Waals surface area contributed by atoms with Crippen LogP contribution in [0.3, 0.4) is 0 Å². The summed E-state index contributed by atoms with van der Waals surface area (Å²) in [5, 5.41) is 0. The van der Waals surface area contributed by atoms with Crippen LogP contribution < -0.4 is 9.64 Å². The van der Waals surface area contributed by atoms with Crippen molar-refractivity contribution in [3.63, 3.8) is 0 Å². The lowest BCUT2D eigenvalue weighted by atomic mass is 9.82. The lowest BCUT2D eigenvalue weighted by Gasteiger charge is -2.44. The van der Waals surface area contributed by atoms with Gasteiger partial charge in [-0.25, -0.2) is 0 Å². The van der Waals surface area contributed by atoms with Crippen LogP contribution in [0.2, 0.25) is 0 Å². The molecule has 2 aromatic rings. The van der Waals surface area contributed by atoms with Gasteiger partial charge in [0.25, 0.3) is 0 Å². The SMILES string of the molecule is COc1ccccc1C1C(C(=O)N2CC(C)OC(C)C2)CCC(=O)N1c1ccc(C)cc1. The molecule has 6 nitrogen and oxygen atoms in total. The van der Waals surface area contributed by atoms with E-state index in [9.17, 15) is 9.59 Å². The molecule has 0 aromatic heterocycles. The monoisotopic (exact) mass is 436 g/mol. The lowest BCUT2D eigenvalue weighted by Crippen LogP contribution is -2.54. The van der Waals surface area contributed by atoms with E-state index >= 15 is 0 Å². The summed E-state index contributed by atoms with van der Waals surface area (Å²) < 4.78 is 11.5. The molecule has 2 amide bonds. The van der Waals surface area contributed by atoms with Crippen molar-refractivity contribution in [2.45, 2.75) is 51.9 Å². The predicted molar refractivity (Wildman–Crippen MR) is 124 cm³/mol. The number of hydrogen-bond acceptors (Lipinski definition) is 4. The van der Waals surface area contributed by atoms with Crippen molar-refractivity contribution in [2.75, 3.05) is 25.1 Å². The third-order valence-electron chi connectivity index (χ3n) is 6.42. The van der Waals surface area contributed by atoms with Crippen LogP contribution in [-0.2, 0) is 14.3 Å². The molecular formula is C26H32N2O4. The Labute approximate surface area is 190 Å². The number of benzene rings is 2. The summed E-state index contributed by atoms with van der Waals surface area (Å²) in [6, 6.07) is 15.2. The molecule has 0 spiro atoms. The first kappa shape index (κ1) is 22.3. The minimum absolute atomic E-state index is 0.00849. The standard InChI is InChI=1S/C26H32N2O4/c1-17-9-11-20(12-10-17)28-24(29)14-13-22(25(28)21-7-5-6-8-23(21)31-4)26(30)27-15-18(2)32-19(3)16-27/h5-12,18-19,22,25H,13-16H2,1-4H3. The number of piperidine rings is 1. The second-order valence-electron chi connectivity index (χ2n) is 8.93. The molecule has 0 radical (unpaired) electrons. The molecule has 2 aliphatic rings. The third kappa shape index (κ3) is 4.37. The Balaban J connectivity index is 1.78. The summed E-state index contributed by atoms with van der Waals surface area (Å²) in [5.41, 5.74) is 2.78. The van der Waals surface area contributed by atoms with Gasteiger partial charge in [-0.2, -0.15) is 0 Å². The van der Waals surface area contributed by atoms with Gasteiger partial charge in [-0.3, -0.25) is 9.59 Å². The third-order valence-corrected chi connectivity index (χ3v) is 6.42. The Kier molecular flexibility index (Phi) is 6.51. The molecule has 2 heterocycles. The van der Waals surface area contributed by atoms with E-state index < -0.39 is 6.04 Å². The van der Waals surface area contributed by atoms with Crippen LogP contribution >= 0.6 is 0 Å². The number of nitrogens with zero attached hydrogens (tertiary/aromatic N) is 2. The number of para-hydroxylation sites is 1. The molecule has 32 heavy (non-hydrogen) atoms. The minimum atomic E-state index is -0.434. The molecule has 2 fully saturated rings. The Morgan fingerprint density at radius 2 is 1.69 bits per heavy atom. The Hall–Kier alpha value is -2.86. The number of hydrogen-bond donors (Lipinski definition) is 0. The van der Waals surface area contributed by atoms with E-state index in [1.54, 1.807) is 12.0 Å². The molecule has 6 heteroatoms. The topological polar surface area (TPSA) is 59.1 Å². The van der Waals surface area contributed by atoms with Crippen LogP contribution in [0, 0.1) is 12.8 Å². The van der Waals surface area contributed by atoms with Crippen molar-refractivity contribution in [2.24, 2.45) is 5.92 Å². The number of carbonyl (C=O) groups excluding carboxylic acids is 2. The summed E-state index contributed by atoms with van der Waals surface area (Å²) in [5.74, 6) is 0.429. The zero-order chi connectivity index (χ0) is 22.8. The Morgan fingerprint density at radius 3 is 2.34 bits per heavy atom. The molecule has 4 atom stereocenters. The van der Waals surface area contributed by atoms with Crippen LogP contribution in [0.4, 0.5) is 5.69 Å². The second kappa shape index (κ2) is 9.33. The molecule has 2 saturated heterocycles. The zero-order valence-corrected chi connectivity index (χ0v) is 19.3. The van der Waals surface area contributed by atoms with Crippen molar-refractivity contribution < 1.29 is 19.1 Å². The van der Waals surface area contributed by atoms with Gasteiger partial charge in [-0.1, -0.05) is 35.9 Å². The van der Waals surface area contributed by atoms with E-state index in [0.29, 0.717) is 31.7 Å². The number of aryl methyl sites for hydroxylation is 1. The molecule has 170 valence electrons. The lowest BCUT2D eigenvalue weighted by molar-refractivity contribution is -0.149. The van der Waals surface area contributed by atoms with Gasteiger partial charge < -0.3 is 19.3 Å². The van der Waals surface area contributed by atoms with Crippen LogP contribution in [0.25, 0.3) is 0 Å². The summed E-state index contributed by atoms with van der Waals surface area (Å²) in [6.45, 7) is 7.15. The predicted octanol–water partition coefficient (Wildman–Crippen LogP) is 4.12. The van der Waals surface area contributed by atoms with Crippen LogP contribution in [0.15, 0.2) is 48.5 Å². The number of carbonyl (C=O) groups is 2. The highest BCUT2D eigenvalue weighted by atomic mass is 16.5. The van der Waals surface area contributed by atoms with Crippen molar-refractivity contribution >= 4 is 17.5 Å². The van der Waals surface area contributed by atoms with E-state index in [0.717, 1.165) is 16.8 Å². The Morgan fingerprint density at radius 1 is 1.03 bits per heavy atom. The quantitative estimate of drug-likeness (QED) is 0.723. The van der Waals surface area contributed by atoms with E-state index in [1.165, 1.54) is 0 Å². The van der Waals surface area contributed by atoms with E-state index in [4.69, 9.17) is 9.47 Å². The van der Waals surface area contributed by atoms with E-state index in [-0.39, 0.29) is 29.9 Å². The van der Waals surface area contributed by atoms with E-state index in [1.807, 2.05) is 74.2 Å². The molecule has 2 aromatic carbocycles. The number of ether oxygens (including phenoxy) is 2. The normalized spacial score (nSPS) is 26.2.